The lowest BCUT2D eigenvalue weighted by atomic mass is 9.94. The van der Waals surface area contributed by atoms with E-state index in [0.717, 1.165) is 12.8 Å². The zero-order chi connectivity index (χ0) is 28.2. The van der Waals surface area contributed by atoms with Gasteiger partial charge in [0.25, 0.3) is 0 Å². The van der Waals surface area contributed by atoms with E-state index in [2.05, 4.69) is 33.0 Å². The minimum Gasteiger partial charge on any atom is -0.370 e. The monoisotopic (exact) mass is 511 g/mol. The molecule has 0 aliphatic carbocycles. The summed E-state index contributed by atoms with van der Waals surface area (Å²) < 4.78 is 0. The predicted octanol–water partition coefficient (Wildman–Crippen LogP) is 1.97. The number of hydrogen-bond acceptors (Lipinski definition) is 5. The van der Waals surface area contributed by atoms with Gasteiger partial charge in [0, 0.05) is 33.7 Å². The van der Waals surface area contributed by atoms with Crippen molar-refractivity contribution in [3.8, 4) is 0 Å². The highest BCUT2D eigenvalue weighted by Crippen LogP contribution is 2.21. The van der Waals surface area contributed by atoms with Crippen molar-refractivity contribution in [1.29, 1.82) is 5.41 Å². The number of nitrogens with one attached hydrogen (secondary N) is 2. The first-order chi connectivity index (χ1) is 16.7. The van der Waals surface area contributed by atoms with Crippen LogP contribution in [0.1, 0.15) is 80.1 Å². The summed E-state index contributed by atoms with van der Waals surface area (Å²) in [7, 11) is 4.96. The molecule has 0 spiro atoms. The summed E-state index contributed by atoms with van der Waals surface area (Å²) >= 11 is 0. The van der Waals surface area contributed by atoms with Crippen LogP contribution in [0, 0.1) is 17.2 Å². The number of likely N-dealkylation sites (N-methyl/N-ethyl adjacent to an activating group) is 2. The molecule has 0 saturated carbocycles. The molecule has 10 heteroatoms. The average Bonchev–Trinajstić information content (AvgIpc) is 2.81. The van der Waals surface area contributed by atoms with E-state index in [-0.39, 0.29) is 29.7 Å². The van der Waals surface area contributed by atoms with Gasteiger partial charge in [-0.25, -0.2) is 0 Å². The molecule has 0 aromatic rings. The second-order valence-electron chi connectivity index (χ2n) is 10.7. The standard InChI is InChI=1S/C26H53N7O3/c1-10-18(5)15-20(30-17(3)4)24(35)33(9)22(16-19(6)11-2)25(36)32(8)21(23(27)34)13-12-14-31(7)26(28)29/h17-22,30H,10-16H2,1-9H3,(H2,27,34)(H3,28,29)/t18?,19?,20?,21-,22+/m0/s1. The molecule has 5 atom stereocenters. The highest BCUT2D eigenvalue weighted by molar-refractivity contribution is 5.92. The van der Waals surface area contributed by atoms with Crippen LogP contribution in [0.5, 0.6) is 0 Å². The van der Waals surface area contributed by atoms with Gasteiger partial charge < -0.3 is 31.5 Å². The van der Waals surface area contributed by atoms with Gasteiger partial charge in [0.2, 0.25) is 17.7 Å². The van der Waals surface area contributed by atoms with Gasteiger partial charge in [-0.05, 0) is 37.5 Å². The molecule has 0 aliphatic heterocycles. The summed E-state index contributed by atoms with van der Waals surface area (Å²) in [5, 5.41) is 10.9. The highest BCUT2D eigenvalue weighted by atomic mass is 16.2. The zero-order valence-electron chi connectivity index (χ0n) is 24.1. The van der Waals surface area contributed by atoms with E-state index in [4.69, 9.17) is 16.9 Å². The first-order valence-electron chi connectivity index (χ1n) is 13.3. The summed E-state index contributed by atoms with van der Waals surface area (Å²) in [6.45, 7) is 12.8. The number of guanidine groups is 1. The van der Waals surface area contributed by atoms with Gasteiger partial charge in [0.05, 0.1) is 6.04 Å². The van der Waals surface area contributed by atoms with Gasteiger partial charge in [-0.1, -0.05) is 54.4 Å². The van der Waals surface area contributed by atoms with Gasteiger partial charge in [-0.3, -0.25) is 19.8 Å². The van der Waals surface area contributed by atoms with E-state index in [0.29, 0.717) is 38.1 Å². The van der Waals surface area contributed by atoms with Crippen LogP contribution in [0.15, 0.2) is 0 Å². The Labute approximate surface area is 219 Å². The van der Waals surface area contributed by atoms with Gasteiger partial charge in [-0.2, -0.15) is 0 Å². The van der Waals surface area contributed by atoms with Crippen molar-refractivity contribution in [2.75, 3.05) is 27.7 Å². The molecule has 0 aromatic carbocycles. The summed E-state index contributed by atoms with van der Waals surface area (Å²) in [6.07, 6.45) is 3.89. The minimum absolute atomic E-state index is 0.0641. The molecule has 36 heavy (non-hydrogen) atoms. The Morgan fingerprint density at radius 2 is 1.33 bits per heavy atom. The lowest BCUT2D eigenvalue weighted by Crippen LogP contribution is -2.57. The Hall–Kier alpha value is -2.36. The van der Waals surface area contributed by atoms with E-state index in [9.17, 15) is 14.4 Å². The predicted molar refractivity (Wildman–Crippen MR) is 146 cm³/mol. The average molecular weight is 512 g/mol. The molecular formula is C26H53N7O3. The molecule has 3 unspecified atom stereocenters. The van der Waals surface area contributed by atoms with E-state index in [1.54, 1.807) is 30.9 Å². The van der Waals surface area contributed by atoms with Crippen molar-refractivity contribution >= 4 is 23.7 Å². The maximum absolute atomic E-state index is 13.8. The fourth-order valence-electron chi connectivity index (χ4n) is 4.14. The fraction of sp³-hybridized carbons (Fsp3) is 0.846. The van der Waals surface area contributed by atoms with Crippen LogP contribution in [0.2, 0.25) is 0 Å². The van der Waals surface area contributed by atoms with Crippen molar-refractivity contribution in [1.82, 2.24) is 20.0 Å². The molecule has 0 heterocycles. The first-order valence-corrected chi connectivity index (χ1v) is 13.3. The van der Waals surface area contributed by atoms with Crippen LogP contribution in [-0.4, -0.2) is 90.2 Å². The molecule has 6 N–H and O–H groups in total. The molecule has 10 nitrogen and oxygen atoms in total. The van der Waals surface area contributed by atoms with Crippen molar-refractivity contribution in [3.05, 3.63) is 0 Å². The van der Waals surface area contributed by atoms with E-state index >= 15 is 0 Å². The molecule has 0 saturated heterocycles. The highest BCUT2D eigenvalue weighted by Gasteiger charge is 2.37. The second-order valence-corrected chi connectivity index (χ2v) is 10.7. The Morgan fingerprint density at radius 1 is 0.833 bits per heavy atom. The zero-order valence-corrected chi connectivity index (χ0v) is 24.1. The summed E-state index contributed by atoms with van der Waals surface area (Å²) in [5.74, 6) is -0.490. The number of carbonyl (C=O) groups excluding carboxylic acids is 3. The van der Waals surface area contributed by atoms with Crippen LogP contribution < -0.4 is 16.8 Å². The maximum Gasteiger partial charge on any atom is 0.245 e. The van der Waals surface area contributed by atoms with Crippen LogP contribution >= 0.6 is 0 Å². The number of primary amides is 1. The number of rotatable bonds is 17. The molecule has 210 valence electrons. The molecular weight excluding hydrogens is 458 g/mol. The molecule has 0 aliphatic rings. The van der Waals surface area contributed by atoms with Crippen molar-refractivity contribution < 1.29 is 14.4 Å². The van der Waals surface area contributed by atoms with Crippen LogP contribution in [0.3, 0.4) is 0 Å². The minimum atomic E-state index is -0.814. The SMILES string of the molecule is CCC(C)CC(NC(C)C)C(=O)N(C)[C@H](CC(C)CC)C(=O)N(C)[C@@H](CCCN(C)C(=N)N)C(N)=O. The lowest BCUT2D eigenvalue weighted by Gasteiger charge is -2.37. The molecule has 0 radical (unpaired) electrons. The van der Waals surface area contributed by atoms with Gasteiger partial charge >= 0.3 is 0 Å². The van der Waals surface area contributed by atoms with E-state index in [1.807, 2.05) is 13.8 Å². The van der Waals surface area contributed by atoms with Crippen LogP contribution in [-0.2, 0) is 14.4 Å². The summed E-state index contributed by atoms with van der Waals surface area (Å²) in [6, 6.07) is -1.79. The topological polar surface area (TPSA) is 149 Å². The smallest absolute Gasteiger partial charge is 0.245 e. The molecule has 0 aromatic heterocycles. The Kier molecular flexibility index (Phi) is 15.3. The Balaban J connectivity index is 5.87. The molecule has 0 fully saturated rings. The summed E-state index contributed by atoms with van der Waals surface area (Å²) in [4.78, 5) is 44.2. The van der Waals surface area contributed by atoms with Crippen LogP contribution in [0.25, 0.3) is 0 Å². The molecule has 0 bridgehead atoms. The number of hydrogen-bond donors (Lipinski definition) is 4. The van der Waals surface area contributed by atoms with Gasteiger partial charge in [0.1, 0.15) is 12.1 Å². The summed E-state index contributed by atoms with van der Waals surface area (Å²) in [5.41, 5.74) is 11.2. The van der Waals surface area contributed by atoms with Crippen molar-refractivity contribution in [2.45, 2.75) is 104 Å². The molecule has 3 amide bonds. The van der Waals surface area contributed by atoms with E-state index < -0.39 is 24.0 Å². The maximum atomic E-state index is 13.8. The van der Waals surface area contributed by atoms with Gasteiger partial charge in [-0.15, -0.1) is 0 Å². The third kappa shape index (κ3) is 11.1. The number of amides is 3. The second kappa shape index (κ2) is 16.4. The van der Waals surface area contributed by atoms with E-state index in [1.165, 1.54) is 4.90 Å². The normalized spacial score (nSPS) is 15.5. The van der Waals surface area contributed by atoms with Gasteiger partial charge in [0.15, 0.2) is 5.96 Å². The Bertz CT molecular complexity index is 716. The quantitative estimate of drug-likeness (QED) is 0.173. The van der Waals surface area contributed by atoms with Crippen molar-refractivity contribution in [3.63, 3.8) is 0 Å². The molecule has 0 rings (SSSR count). The largest absolute Gasteiger partial charge is 0.370 e. The van der Waals surface area contributed by atoms with Crippen molar-refractivity contribution in [2.24, 2.45) is 23.3 Å². The Morgan fingerprint density at radius 3 is 1.78 bits per heavy atom. The first kappa shape index (κ1) is 33.6. The third-order valence-corrected chi connectivity index (χ3v) is 7.12. The lowest BCUT2D eigenvalue weighted by molar-refractivity contribution is -0.149. The van der Waals surface area contributed by atoms with Crippen LogP contribution in [0.4, 0.5) is 0 Å². The third-order valence-electron chi connectivity index (χ3n) is 7.12. The number of nitrogens with two attached hydrogens (primary N) is 2. The number of carbonyl (C=O) groups is 3. The fourth-order valence-corrected chi connectivity index (χ4v) is 4.14. The number of nitrogens with zero attached hydrogens (tertiary/aromatic N) is 3.